The predicted octanol–water partition coefficient (Wildman–Crippen LogP) is 3.46. The summed E-state index contributed by atoms with van der Waals surface area (Å²) in [5.41, 5.74) is 6.29. The summed E-state index contributed by atoms with van der Waals surface area (Å²) in [5.74, 6) is 0.260. The van der Waals surface area contributed by atoms with Crippen molar-refractivity contribution in [1.29, 1.82) is 0 Å². The van der Waals surface area contributed by atoms with Crippen LogP contribution in [0.2, 0.25) is 5.02 Å². The highest BCUT2D eigenvalue weighted by Gasteiger charge is 2.18. The minimum atomic E-state index is -0.542. The lowest BCUT2D eigenvalue weighted by molar-refractivity contribution is -0.385. The molecular weight excluding hydrogens is 282 g/mol. The predicted molar refractivity (Wildman–Crippen MR) is 75.0 cm³/mol. The first-order valence-corrected chi connectivity index (χ1v) is 6.19. The molecule has 2 rings (SSSR count). The molecular formula is C13H12ClN3O3. The van der Waals surface area contributed by atoms with Gasteiger partial charge in [-0.05, 0) is 19.1 Å². The minimum Gasteiger partial charge on any atom is -0.431 e. The molecule has 0 aliphatic heterocycles. The monoisotopic (exact) mass is 293 g/mol. The minimum absolute atomic E-state index is 0.0306. The molecule has 0 aliphatic carbocycles. The molecule has 0 spiro atoms. The fourth-order valence-electron chi connectivity index (χ4n) is 1.66. The number of ether oxygens (including phenoxy) is 1. The number of halogens is 1. The molecule has 20 heavy (non-hydrogen) atoms. The smallest absolute Gasteiger partial charge is 0.311 e. The van der Waals surface area contributed by atoms with E-state index in [1.165, 1.54) is 24.4 Å². The molecule has 1 aromatic heterocycles. The van der Waals surface area contributed by atoms with Crippen molar-refractivity contribution in [2.24, 2.45) is 5.73 Å². The van der Waals surface area contributed by atoms with Gasteiger partial charge in [0.1, 0.15) is 0 Å². The summed E-state index contributed by atoms with van der Waals surface area (Å²) in [7, 11) is 0. The zero-order chi connectivity index (χ0) is 14.7. The molecule has 0 amide bonds. The van der Waals surface area contributed by atoms with E-state index in [2.05, 4.69) is 4.98 Å². The number of hydrogen-bond acceptors (Lipinski definition) is 5. The van der Waals surface area contributed by atoms with E-state index in [4.69, 9.17) is 22.1 Å². The number of nitro benzene ring substituents is 1. The molecule has 0 saturated carbocycles. The van der Waals surface area contributed by atoms with Crippen molar-refractivity contribution in [3.05, 3.63) is 57.2 Å². The number of hydrogen-bond donors (Lipinski definition) is 1. The van der Waals surface area contributed by atoms with E-state index in [-0.39, 0.29) is 23.4 Å². The third kappa shape index (κ3) is 3.04. The zero-order valence-electron chi connectivity index (χ0n) is 10.6. The van der Waals surface area contributed by atoms with Gasteiger partial charge in [0.05, 0.1) is 4.92 Å². The van der Waals surface area contributed by atoms with Crippen molar-refractivity contribution in [1.82, 2.24) is 4.98 Å². The third-order valence-electron chi connectivity index (χ3n) is 2.62. The van der Waals surface area contributed by atoms with Crippen molar-refractivity contribution in [3.8, 4) is 11.6 Å². The van der Waals surface area contributed by atoms with Crippen LogP contribution < -0.4 is 10.5 Å². The molecule has 0 aliphatic rings. The molecule has 0 bridgehead atoms. The van der Waals surface area contributed by atoms with Gasteiger partial charge in [-0.15, -0.1) is 0 Å². The van der Waals surface area contributed by atoms with Gasteiger partial charge >= 0.3 is 5.69 Å². The Kier molecular flexibility index (Phi) is 4.16. The van der Waals surface area contributed by atoms with Crippen molar-refractivity contribution in [2.75, 3.05) is 0 Å². The lowest BCUT2D eigenvalue weighted by Crippen LogP contribution is -2.07. The normalized spacial score (nSPS) is 11.9. The lowest BCUT2D eigenvalue weighted by atomic mass is 10.1. The summed E-state index contributed by atoms with van der Waals surface area (Å²) in [6.45, 7) is 1.77. The maximum Gasteiger partial charge on any atom is 0.311 e. The van der Waals surface area contributed by atoms with Crippen LogP contribution in [-0.2, 0) is 0 Å². The van der Waals surface area contributed by atoms with Crippen molar-refractivity contribution in [2.45, 2.75) is 13.0 Å². The molecule has 1 unspecified atom stereocenters. The van der Waals surface area contributed by atoms with E-state index in [1.807, 2.05) is 0 Å². The SMILES string of the molecule is CC(N)c1cccnc1Oc1cc(Cl)ccc1[N+](=O)[O-]. The third-order valence-corrected chi connectivity index (χ3v) is 2.85. The Hall–Kier alpha value is -2.18. The highest BCUT2D eigenvalue weighted by atomic mass is 35.5. The zero-order valence-corrected chi connectivity index (χ0v) is 11.4. The molecule has 7 heteroatoms. The molecule has 0 saturated heterocycles. The number of rotatable bonds is 4. The Morgan fingerprint density at radius 2 is 2.20 bits per heavy atom. The summed E-state index contributed by atoms with van der Waals surface area (Å²) in [5, 5.41) is 11.3. The van der Waals surface area contributed by atoms with Crippen LogP contribution in [0.15, 0.2) is 36.5 Å². The van der Waals surface area contributed by atoms with Gasteiger partial charge in [-0.3, -0.25) is 10.1 Å². The molecule has 6 nitrogen and oxygen atoms in total. The second kappa shape index (κ2) is 5.85. The van der Waals surface area contributed by atoms with Gasteiger partial charge in [0.25, 0.3) is 0 Å². The average Bonchev–Trinajstić information content (AvgIpc) is 2.38. The lowest BCUT2D eigenvalue weighted by Gasteiger charge is -2.12. The number of nitro groups is 1. The maximum atomic E-state index is 11.0. The molecule has 104 valence electrons. The first-order valence-electron chi connectivity index (χ1n) is 5.81. The topological polar surface area (TPSA) is 91.3 Å². The van der Waals surface area contributed by atoms with Crippen molar-refractivity contribution in [3.63, 3.8) is 0 Å². The molecule has 1 atom stereocenters. The van der Waals surface area contributed by atoms with Crippen LogP contribution in [0.1, 0.15) is 18.5 Å². The molecule has 1 heterocycles. The maximum absolute atomic E-state index is 11.0. The van der Waals surface area contributed by atoms with Crippen LogP contribution in [0, 0.1) is 10.1 Å². The number of nitrogens with zero attached hydrogens (tertiary/aromatic N) is 2. The fraction of sp³-hybridized carbons (Fsp3) is 0.154. The molecule has 0 radical (unpaired) electrons. The Morgan fingerprint density at radius 3 is 2.85 bits per heavy atom. The number of aromatic nitrogens is 1. The Labute approximate surface area is 120 Å². The Morgan fingerprint density at radius 1 is 1.45 bits per heavy atom. The van der Waals surface area contributed by atoms with Gasteiger partial charge in [-0.2, -0.15) is 0 Å². The number of pyridine rings is 1. The van der Waals surface area contributed by atoms with Gasteiger partial charge in [0, 0.05) is 35.0 Å². The van der Waals surface area contributed by atoms with Gasteiger partial charge < -0.3 is 10.5 Å². The fourth-order valence-corrected chi connectivity index (χ4v) is 1.82. The quantitative estimate of drug-likeness (QED) is 0.688. The summed E-state index contributed by atoms with van der Waals surface area (Å²) in [6.07, 6.45) is 1.53. The Bertz CT molecular complexity index is 647. The Balaban J connectivity index is 2.45. The van der Waals surface area contributed by atoms with Crippen LogP contribution >= 0.6 is 11.6 Å². The van der Waals surface area contributed by atoms with E-state index in [0.29, 0.717) is 10.6 Å². The highest BCUT2D eigenvalue weighted by molar-refractivity contribution is 6.30. The van der Waals surface area contributed by atoms with Crippen LogP contribution in [0.5, 0.6) is 11.6 Å². The van der Waals surface area contributed by atoms with Gasteiger partial charge in [-0.25, -0.2) is 4.98 Å². The van der Waals surface area contributed by atoms with Gasteiger partial charge in [0.2, 0.25) is 11.6 Å². The molecule has 1 aromatic carbocycles. The first kappa shape index (κ1) is 14.2. The van der Waals surface area contributed by atoms with Crippen LogP contribution in [0.4, 0.5) is 5.69 Å². The van der Waals surface area contributed by atoms with Crippen LogP contribution in [0.25, 0.3) is 0 Å². The van der Waals surface area contributed by atoms with Crippen LogP contribution in [0.3, 0.4) is 0 Å². The standard InChI is InChI=1S/C13H12ClN3O3/c1-8(15)10-3-2-6-16-13(10)20-12-7-9(14)4-5-11(12)17(18)19/h2-8H,15H2,1H3. The molecule has 2 N–H and O–H groups in total. The number of nitrogens with two attached hydrogens (primary N) is 1. The van der Waals surface area contributed by atoms with Gasteiger partial charge in [-0.1, -0.05) is 17.7 Å². The number of benzene rings is 1. The van der Waals surface area contributed by atoms with E-state index in [9.17, 15) is 10.1 Å². The molecule has 0 fully saturated rings. The first-order chi connectivity index (χ1) is 9.49. The van der Waals surface area contributed by atoms with Crippen LogP contribution in [-0.4, -0.2) is 9.91 Å². The summed E-state index contributed by atoms with van der Waals surface area (Å²) in [6, 6.07) is 7.25. The van der Waals surface area contributed by atoms with Gasteiger partial charge in [0.15, 0.2) is 0 Å². The summed E-state index contributed by atoms with van der Waals surface area (Å²) in [4.78, 5) is 14.5. The average molecular weight is 294 g/mol. The van der Waals surface area contributed by atoms with E-state index >= 15 is 0 Å². The summed E-state index contributed by atoms with van der Waals surface area (Å²) >= 11 is 5.84. The largest absolute Gasteiger partial charge is 0.431 e. The van der Waals surface area contributed by atoms with Crippen molar-refractivity contribution >= 4 is 17.3 Å². The van der Waals surface area contributed by atoms with E-state index < -0.39 is 4.92 Å². The highest BCUT2D eigenvalue weighted by Crippen LogP contribution is 2.34. The van der Waals surface area contributed by atoms with E-state index in [1.54, 1.807) is 19.1 Å². The van der Waals surface area contributed by atoms with Crippen molar-refractivity contribution < 1.29 is 9.66 Å². The second-order valence-corrected chi connectivity index (χ2v) is 4.59. The molecule has 2 aromatic rings. The summed E-state index contributed by atoms with van der Waals surface area (Å²) < 4.78 is 5.53. The van der Waals surface area contributed by atoms with E-state index in [0.717, 1.165) is 0 Å². The second-order valence-electron chi connectivity index (χ2n) is 4.16.